The van der Waals surface area contributed by atoms with E-state index >= 15 is 0 Å². The van der Waals surface area contributed by atoms with E-state index in [9.17, 15) is 42.3 Å². The highest BCUT2D eigenvalue weighted by molar-refractivity contribution is 7.13. The van der Waals surface area contributed by atoms with Crippen LogP contribution in [0.2, 0.25) is 0 Å². The molecule has 386 valence electrons. The molecule has 1 aliphatic rings. The summed E-state index contributed by atoms with van der Waals surface area (Å²) in [5.74, 6) is -4.53. The minimum Gasteiger partial charge on any atom is -0.475 e. The Morgan fingerprint density at radius 3 is 1.96 bits per heavy atom. The van der Waals surface area contributed by atoms with E-state index in [-0.39, 0.29) is 50.4 Å². The Morgan fingerprint density at radius 2 is 1.41 bits per heavy atom. The summed E-state index contributed by atoms with van der Waals surface area (Å²) in [6.45, 7) is 8.41. The van der Waals surface area contributed by atoms with Gasteiger partial charge in [0.25, 0.3) is 5.91 Å². The Morgan fingerprint density at radius 1 is 0.831 bits per heavy atom. The second-order valence-electron chi connectivity index (χ2n) is 18.0. The summed E-state index contributed by atoms with van der Waals surface area (Å²) in [6, 6.07) is 19.7. The van der Waals surface area contributed by atoms with Gasteiger partial charge in [0, 0.05) is 44.0 Å². The van der Waals surface area contributed by atoms with Gasteiger partial charge in [-0.3, -0.25) is 24.0 Å². The Hall–Kier alpha value is -6.42. The van der Waals surface area contributed by atoms with E-state index in [1.807, 2.05) is 57.5 Å². The van der Waals surface area contributed by atoms with E-state index in [4.69, 9.17) is 25.1 Å². The lowest BCUT2D eigenvalue weighted by molar-refractivity contribution is -0.192. The number of nitrogen functional groups attached to an aromatic ring is 1. The zero-order valence-electron chi connectivity index (χ0n) is 40.3. The molecule has 2 heterocycles. The molecule has 0 spiro atoms. The van der Waals surface area contributed by atoms with Gasteiger partial charge >= 0.3 is 12.1 Å². The molecule has 4 aromatic rings. The normalized spacial score (nSPS) is 15.0. The quantitative estimate of drug-likeness (QED) is 0.0290. The Balaban J connectivity index is 0.00000145. The van der Waals surface area contributed by atoms with Crippen molar-refractivity contribution in [3.63, 3.8) is 0 Å². The largest absolute Gasteiger partial charge is 0.490 e. The number of nitrogens with two attached hydrogens (primary N) is 1. The summed E-state index contributed by atoms with van der Waals surface area (Å²) >= 11 is 1.57. The molecular weight excluding hydrogens is 948 g/mol. The molecular formula is C50H64F3N7O10S. The number of carbonyl (C=O) groups is 6. The number of hydrogen-bond donors (Lipinski definition) is 7. The van der Waals surface area contributed by atoms with Gasteiger partial charge in [0.2, 0.25) is 23.6 Å². The van der Waals surface area contributed by atoms with Crippen LogP contribution in [0.1, 0.15) is 93.8 Å². The summed E-state index contributed by atoms with van der Waals surface area (Å²) in [5.41, 5.74) is 12.0. The number of unbranched alkanes of at least 4 members (excludes halogenated alkanes) is 6. The van der Waals surface area contributed by atoms with Crippen molar-refractivity contribution in [3.05, 3.63) is 95.1 Å². The average Bonchev–Trinajstić information content (AvgIpc) is 3.94. The van der Waals surface area contributed by atoms with E-state index in [1.54, 1.807) is 59.9 Å². The van der Waals surface area contributed by atoms with Crippen molar-refractivity contribution in [3.8, 4) is 10.4 Å². The van der Waals surface area contributed by atoms with Crippen molar-refractivity contribution < 1.29 is 61.6 Å². The number of hydrogen-bond acceptors (Lipinski definition) is 12. The van der Waals surface area contributed by atoms with Crippen molar-refractivity contribution >= 4 is 63.9 Å². The Labute approximate surface area is 415 Å². The first-order chi connectivity index (χ1) is 33.6. The van der Waals surface area contributed by atoms with Gasteiger partial charge in [0.15, 0.2) is 0 Å². The predicted octanol–water partition coefficient (Wildman–Crippen LogP) is 7.10. The van der Waals surface area contributed by atoms with Gasteiger partial charge < -0.3 is 51.6 Å². The number of anilines is 3. The van der Waals surface area contributed by atoms with Crippen molar-refractivity contribution in [2.75, 3.05) is 49.3 Å². The molecule has 3 atom stereocenters. The lowest BCUT2D eigenvalue weighted by Crippen LogP contribution is -2.58. The number of carbonyl (C=O) groups excluding carboxylic acids is 5. The molecule has 0 aliphatic carbocycles. The van der Waals surface area contributed by atoms with Crippen LogP contribution in [-0.4, -0.2) is 113 Å². The van der Waals surface area contributed by atoms with Crippen LogP contribution in [0.4, 0.5) is 30.2 Å². The number of benzene rings is 3. The Bertz CT molecular complexity index is 2380. The third-order valence-electron chi connectivity index (χ3n) is 11.1. The number of likely N-dealkylation sites (tertiary alicyclic amines) is 1. The van der Waals surface area contributed by atoms with Gasteiger partial charge in [-0.2, -0.15) is 13.2 Å². The molecule has 3 aromatic carbocycles. The molecule has 1 aromatic heterocycles. The summed E-state index contributed by atoms with van der Waals surface area (Å²) in [7, 11) is 0. The highest BCUT2D eigenvalue weighted by Gasteiger charge is 2.44. The van der Waals surface area contributed by atoms with Gasteiger partial charge in [0.05, 0.1) is 33.6 Å². The van der Waals surface area contributed by atoms with Crippen LogP contribution in [0.3, 0.4) is 0 Å². The summed E-state index contributed by atoms with van der Waals surface area (Å²) in [6.07, 6.45) is 0.854. The number of amides is 5. The zero-order chi connectivity index (χ0) is 52.1. The average molecular weight is 1010 g/mol. The molecule has 1 fully saturated rings. The molecule has 1 saturated heterocycles. The molecule has 0 unspecified atom stereocenters. The van der Waals surface area contributed by atoms with Gasteiger partial charge in [0.1, 0.15) is 25.3 Å². The molecule has 17 nitrogen and oxygen atoms in total. The molecule has 21 heteroatoms. The fourth-order valence-corrected chi connectivity index (χ4v) is 8.12. The highest BCUT2D eigenvalue weighted by Crippen LogP contribution is 2.29. The fourth-order valence-electron chi connectivity index (χ4n) is 7.31. The number of nitrogens with one attached hydrogen (secondary N) is 4. The predicted molar refractivity (Wildman–Crippen MR) is 263 cm³/mol. The number of aliphatic hydroxyl groups is 1. The van der Waals surface area contributed by atoms with Crippen molar-refractivity contribution in [1.29, 1.82) is 0 Å². The van der Waals surface area contributed by atoms with Gasteiger partial charge in [-0.05, 0) is 72.7 Å². The number of β-amino-alcohol motifs (C(OH)–C–C–N with tert-alkyl or cyclic N) is 1. The van der Waals surface area contributed by atoms with Crippen LogP contribution in [0.25, 0.3) is 10.4 Å². The fraction of sp³-hybridized carbons (Fsp3) is 0.460. The lowest BCUT2D eigenvalue weighted by Gasteiger charge is -2.35. The van der Waals surface area contributed by atoms with Crippen LogP contribution in [-0.2, 0) is 40.0 Å². The number of thiazole rings is 1. The van der Waals surface area contributed by atoms with Gasteiger partial charge in [-0.1, -0.05) is 89.3 Å². The third-order valence-corrected chi connectivity index (χ3v) is 12.1. The van der Waals surface area contributed by atoms with E-state index in [1.165, 1.54) is 4.90 Å². The number of para-hydroxylation sites is 2. The highest BCUT2D eigenvalue weighted by atomic mass is 32.1. The third kappa shape index (κ3) is 19.4. The number of rotatable bonds is 23. The van der Waals surface area contributed by atoms with Crippen molar-refractivity contribution in [1.82, 2.24) is 20.5 Å². The number of halogens is 3. The maximum Gasteiger partial charge on any atom is 0.490 e. The second kappa shape index (κ2) is 27.8. The van der Waals surface area contributed by atoms with Gasteiger partial charge in [-0.15, -0.1) is 11.3 Å². The summed E-state index contributed by atoms with van der Waals surface area (Å²) in [5, 5.41) is 29.0. The molecule has 5 amide bonds. The number of alkyl halides is 3. The van der Waals surface area contributed by atoms with Gasteiger partial charge in [-0.25, -0.2) is 9.78 Å². The number of aliphatic carboxylic acids is 1. The van der Waals surface area contributed by atoms with Crippen LogP contribution >= 0.6 is 11.3 Å². The standard InChI is InChI=1S/C48H63N7O8S.C2HF3O2/c1-32-43(64-31-51-32)34-18-16-33(17-19-34)27-50-46(60)40-26-37(56)28-55(40)47(61)44(48(2,3)4)54-42(58)30-63-25-13-9-7-5-6-8-12-24-62-29-41(57)52-36-22-20-35(21-23-36)45(59)53-39-15-11-10-14-38(39)49;3-2(4,5)1(6)7/h10-11,14-23,31,37,40,44,56H,5-9,12-13,24-30,49H2,1-4H3,(H,50,60)(H,52,57)(H,53,59)(H,54,58);(H,6,7)/t37-,40+,44-;/m1./s1. The molecule has 1 aliphatic heterocycles. The van der Waals surface area contributed by atoms with E-state index in [0.29, 0.717) is 35.8 Å². The number of carboxylic acids is 1. The van der Waals surface area contributed by atoms with Crippen LogP contribution in [0.5, 0.6) is 0 Å². The van der Waals surface area contributed by atoms with E-state index in [0.717, 1.165) is 66.6 Å². The monoisotopic (exact) mass is 1010 g/mol. The number of nitrogens with zero attached hydrogens (tertiary/aromatic N) is 2. The van der Waals surface area contributed by atoms with Crippen LogP contribution in [0, 0.1) is 12.3 Å². The van der Waals surface area contributed by atoms with Crippen molar-refractivity contribution in [2.45, 2.75) is 110 Å². The first-order valence-corrected chi connectivity index (χ1v) is 24.1. The molecule has 8 N–H and O–H groups in total. The smallest absolute Gasteiger partial charge is 0.475 e. The zero-order valence-corrected chi connectivity index (χ0v) is 41.1. The van der Waals surface area contributed by atoms with E-state index in [2.05, 4.69) is 26.3 Å². The number of aromatic nitrogens is 1. The Kier molecular flexibility index (Phi) is 22.4. The first-order valence-electron chi connectivity index (χ1n) is 23.2. The van der Waals surface area contributed by atoms with E-state index < -0.39 is 47.6 Å². The molecule has 0 radical (unpaired) electrons. The SMILES string of the molecule is Cc1ncsc1-c1ccc(CNC(=O)[C@@H]2C[C@@H](O)CN2C(=O)[C@@H](NC(=O)COCCCCCCCCCOCC(=O)Nc2ccc(C(=O)Nc3ccccc3N)cc2)C(C)(C)C)cc1.O=C(O)C(F)(F)F. The summed E-state index contributed by atoms with van der Waals surface area (Å²) < 4.78 is 42.9. The second-order valence-corrected chi connectivity index (χ2v) is 18.8. The minimum atomic E-state index is -5.08. The topological polar surface area (TPSA) is 252 Å². The molecule has 0 bridgehead atoms. The number of carboxylic acid groups (broad SMARTS) is 1. The maximum absolute atomic E-state index is 13.9. The summed E-state index contributed by atoms with van der Waals surface area (Å²) in [4.78, 5) is 80.8. The van der Waals surface area contributed by atoms with Crippen LogP contribution < -0.4 is 27.0 Å². The maximum atomic E-state index is 13.9. The lowest BCUT2D eigenvalue weighted by atomic mass is 9.85. The number of aliphatic hydroxyl groups excluding tert-OH is 1. The number of ether oxygens (including phenoxy) is 2. The van der Waals surface area contributed by atoms with Crippen LogP contribution in [0.15, 0.2) is 78.3 Å². The molecule has 5 rings (SSSR count). The molecule has 71 heavy (non-hydrogen) atoms. The van der Waals surface area contributed by atoms with Crippen molar-refractivity contribution in [2.24, 2.45) is 5.41 Å². The molecule has 0 saturated carbocycles. The number of aryl methyl sites for hydroxylation is 1. The minimum absolute atomic E-state index is 0.000301. The first kappa shape index (κ1) is 57.2.